The Morgan fingerprint density at radius 3 is 2.22 bits per heavy atom. The molecule has 0 aliphatic rings. The van der Waals surface area contributed by atoms with Crippen molar-refractivity contribution in [1.29, 1.82) is 5.41 Å². The lowest BCUT2D eigenvalue weighted by atomic mass is 10.2. The molecule has 1 amide bonds. The van der Waals surface area contributed by atoms with Gasteiger partial charge in [0, 0.05) is 0 Å². The van der Waals surface area contributed by atoms with Crippen molar-refractivity contribution < 1.29 is 27.3 Å². The molecule has 5 N–H and O–H groups in total. The van der Waals surface area contributed by atoms with E-state index in [1.54, 1.807) is 20.8 Å². The van der Waals surface area contributed by atoms with Gasteiger partial charge in [-0.1, -0.05) is 23.2 Å². The lowest BCUT2D eigenvalue weighted by Crippen LogP contribution is -2.44. The van der Waals surface area contributed by atoms with Crippen molar-refractivity contribution in [2.24, 2.45) is 0 Å². The Hall–Kier alpha value is -2.35. The molecule has 0 spiro atoms. The summed E-state index contributed by atoms with van der Waals surface area (Å²) in [7, 11) is 0. The fraction of sp³-hybridized carbons (Fsp3) is 0.353. The molecule has 2 aromatic rings. The highest BCUT2D eigenvalue weighted by molar-refractivity contribution is 7.91. The molecule has 0 radical (unpaired) electrons. The van der Waals surface area contributed by atoms with Crippen LogP contribution >= 0.6 is 23.2 Å². The predicted molar refractivity (Wildman–Crippen MR) is 115 cm³/mol. The number of nitrogens with one attached hydrogen (secondary N) is 3. The maximum atomic E-state index is 13.0. The van der Waals surface area contributed by atoms with Crippen molar-refractivity contribution in [3.63, 3.8) is 0 Å². The van der Waals surface area contributed by atoms with E-state index < -0.39 is 50.5 Å². The summed E-state index contributed by atoms with van der Waals surface area (Å²) in [5.41, 5.74) is 8.02. The molecule has 0 aliphatic heterocycles. The molecule has 1 heterocycles. The minimum atomic E-state index is -4.69. The Labute approximate surface area is 194 Å². The second-order valence-electron chi connectivity index (χ2n) is 7.34. The molecule has 9 nitrogen and oxygen atoms in total. The molecule has 15 heteroatoms. The standard InChI is InChI=1S/C17H19Cl2F3N6O3S/c1-16(2,3)31-15(29)26-25-13(23)10-12(32(4)30)14(24)28(27-10)11-8(18)5-7(6-9(11)19)17(20,21)22/h5-6H,24H2,1-4H3,(H2,23,25)(H,26,29). The highest BCUT2D eigenvalue weighted by Gasteiger charge is 2.34. The third-order valence-electron chi connectivity index (χ3n) is 3.64. The fourth-order valence-electron chi connectivity index (χ4n) is 2.44. The third kappa shape index (κ3) is 5.91. The molecule has 1 aromatic heterocycles. The molecule has 1 atom stereocenters. The van der Waals surface area contributed by atoms with E-state index >= 15 is 0 Å². The van der Waals surface area contributed by atoms with Gasteiger partial charge >= 0.3 is 12.3 Å². The SMILES string of the molecule is C[S+]([O-])c1c(C(=N)NNC(=O)OC(C)(C)C)nn(-c2c(Cl)cc(C(F)(F)F)cc2Cl)c1N. The van der Waals surface area contributed by atoms with Crippen LogP contribution in [-0.2, 0) is 22.1 Å². The van der Waals surface area contributed by atoms with Crippen LogP contribution in [0.5, 0.6) is 0 Å². The highest BCUT2D eigenvalue weighted by atomic mass is 35.5. The summed E-state index contributed by atoms with van der Waals surface area (Å²) in [6.45, 7) is 4.91. The largest absolute Gasteiger partial charge is 0.611 e. The number of hydrogen-bond donors (Lipinski definition) is 4. The van der Waals surface area contributed by atoms with Crippen LogP contribution in [0.25, 0.3) is 5.69 Å². The second kappa shape index (κ2) is 9.25. The van der Waals surface area contributed by atoms with Crippen molar-refractivity contribution in [2.75, 3.05) is 12.0 Å². The average Bonchev–Trinajstić information content (AvgIpc) is 2.94. The smallest absolute Gasteiger partial charge is 0.426 e. The van der Waals surface area contributed by atoms with Gasteiger partial charge in [-0.3, -0.25) is 10.8 Å². The molecule has 0 saturated heterocycles. The molecule has 0 saturated carbocycles. The Balaban J connectivity index is 2.46. The van der Waals surface area contributed by atoms with Gasteiger partial charge in [0.1, 0.15) is 17.5 Å². The van der Waals surface area contributed by atoms with Gasteiger partial charge in [0.2, 0.25) is 4.90 Å². The summed E-state index contributed by atoms with van der Waals surface area (Å²) < 4.78 is 57.2. The zero-order valence-electron chi connectivity index (χ0n) is 17.1. The van der Waals surface area contributed by atoms with Gasteiger partial charge in [0.15, 0.2) is 17.3 Å². The molecule has 0 aliphatic carbocycles. The van der Waals surface area contributed by atoms with Crippen molar-refractivity contribution >= 4 is 52.1 Å². The third-order valence-corrected chi connectivity index (χ3v) is 5.20. The quantitative estimate of drug-likeness (QED) is 0.212. The first kappa shape index (κ1) is 25.9. The first-order valence-corrected chi connectivity index (χ1v) is 11.0. The summed E-state index contributed by atoms with van der Waals surface area (Å²) >= 11 is 10.2. The molecule has 1 unspecified atom stereocenters. The Bertz CT molecular complexity index is 1030. The number of anilines is 1. The molecular weight excluding hydrogens is 496 g/mol. The van der Waals surface area contributed by atoms with E-state index in [0.717, 1.165) is 4.68 Å². The maximum Gasteiger partial charge on any atom is 0.426 e. The number of hydrogen-bond acceptors (Lipinski definition) is 6. The Kier molecular flexibility index (Phi) is 7.49. The summed E-state index contributed by atoms with van der Waals surface area (Å²) in [5.74, 6) is -0.793. The number of alkyl halides is 3. The lowest BCUT2D eigenvalue weighted by molar-refractivity contribution is -0.137. The number of nitrogens with two attached hydrogens (primary N) is 1. The van der Waals surface area contributed by atoms with E-state index in [1.165, 1.54) is 6.26 Å². The van der Waals surface area contributed by atoms with E-state index in [9.17, 15) is 22.5 Å². The highest BCUT2D eigenvalue weighted by Crippen LogP contribution is 2.39. The van der Waals surface area contributed by atoms with Crippen molar-refractivity contribution in [1.82, 2.24) is 20.6 Å². The van der Waals surface area contributed by atoms with Crippen LogP contribution in [0.3, 0.4) is 0 Å². The van der Waals surface area contributed by atoms with Crippen LogP contribution in [0.2, 0.25) is 10.0 Å². The Morgan fingerprint density at radius 1 is 1.25 bits per heavy atom. The number of halogens is 5. The number of carbonyl (C=O) groups excluding carboxylic acids is 1. The monoisotopic (exact) mass is 514 g/mol. The van der Waals surface area contributed by atoms with Gasteiger partial charge in [0.25, 0.3) is 0 Å². The summed E-state index contributed by atoms with van der Waals surface area (Å²) in [6, 6.07) is 1.28. The summed E-state index contributed by atoms with van der Waals surface area (Å²) in [5, 5.41) is 11.3. The van der Waals surface area contributed by atoms with Crippen LogP contribution in [0.4, 0.5) is 23.8 Å². The van der Waals surface area contributed by atoms with Gasteiger partial charge in [-0.25, -0.2) is 14.9 Å². The van der Waals surface area contributed by atoms with Crippen molar-refractivity contribution in [2.45, 2.75) is 37.4 Å². The molecule has 0 fully saturated rings. The minimum Gasteiger partial charge on any atom is -0.611 e. The number of rotatable bonds is 3. The van der Waals surface area contributed by atoms with Crippen LogP contribution in [-0.4, -0.2) is 38.1 Å². The normalized spacial score (nSPS) is 12.9. The number of nitrogens with zero attached hydrogens (tertiary/aromatic N) is 2. The molecule has 2 rings (SSSR count). The first-order valence-electron chi connectivity index (χ1n) is 8.65. The van der Waals surface area contributed by atoms with Crippen LogP contribution < -0.4 is 16.6 Å². The van der Waals surface area contributed by atoms with E-state index in [-0.39, 0.29) is 22.1 Å². The second-order valence-corrected chi connectivity index (χ2v) is 9.47. The van der Waals surface area contributed by atoms with E-state index in [4.69, 9.17) is 39.1 Å². The summed E-state index contributed by atoms with van der Waals surface area (Å²) in [4.78, 5) is 11.7. The lowest BCUT2D eigenvalue weighted by Gasteiger charge is -2.20. The van der Waals surface area contributed by atoms with Crippen LogP contribution in [0.15, 0.2) is 17.0 Å². The zero-order valence-corrected chi connectivity index (χ0v) is 19.5. The van der Waals surface area contributed by atoms with Crippen LogP contribution in [0.1, 0.15) is 32.0 Å². The molecule has 0 bridgehead atoms. The van der Waals surface area contributed by atoms with Crippen molar-refractivity contribution in [3.8, 4) is 5.69 Å². The molecule has 32 heavy (non-hydrogen) atoms. The number of benzene rings is 1. The first-order chi connectivity index (χ1) is 14.5. The van der Waals surface area contributed by atoms with Gasteiger partial charge in [-0.05, 0) is 44.1 Å². The van der Waals surface area contributed by atoms with Gasteiger partial charge in [0.05, 0.1) is 15.6 Å². The van der Waals surface area contributed by atoms with Crippen LogP contribution in [0, 0.1) is 5.41 Å². The number of aromatic nitrogens is 2. The number of amidine groups is 1. The van der Waals surface area contributed by atoms with Crippen molar-refractivity contribution in [3.05, 3.63) is 33.4 Å². The van der Waals surface area contributed by atoms with E-state index in [1.807, 2.05) is 0 Å². The van der Waals surface area contributed by atoms with E-state index in [0.29, 0.717) is 12.1 Å². The van der Waals surface area contributed by atoms with E-state index in [2.05, 4.69) is 16.0 Å². The topological polar surface area (TPSA) is 141 Å². The van der Waals surface area contributed by atoms with Gasteiger partial charge in [-0.15, -0.1) is 0 Å². The number of nitrogen functional groups attached to an aromatic ring is 1. The number of ether oxygens (including phenoxy) is 1. The zero-order chi connectivity index (χ0) is 24.6. The predicted octanol–water partition coefficient (Wildman–Crippen LogP) is 3.87. The number of amides is 1. The molecular formula is C17H19Cl2F3N6O3S. The van der Waals surface area contributed by atoms with Gasteiger partial charge in [-0.2, -0.15) is 18.3 Å². The molecule has 176 valence electrons. The summed E-state index contributed by atoms with van der Waals surface area (Å²) in [6.07, 6.45) is -4.34. The number of hydrazine groups is 1. The Morgan fingerprint density at radius 2 is 1.78 bits per heavy atom. The maximum absolute atomic E-state index is 13.0. The fourth-order valence-corrected chi connectivity index (χ4v) is 3.89. The molecule has 1 aromatic carbocycles. The average molecular weight is 515 g/mol. The number of carbonyl (C=O) groups is 1. The minimum absolute atomic E-state index is 0.125. The van der Waals surface area contributed by atoms with Gasteiger partial charge < -0.3 is 15.0 Å².